The number of aliphatic carboxylic acids is 1. The van der Waals surface area contributed by atoms with Gasteiger partial charge in [-0.3, -0.25) is 14.0 Å². The van der Waals surface area contributed by atoms with Crippen molar-refractivity contribution in [3.8, 4) is 11.4 Å². The van der Waals surface area contributed by atoms with E-state index in [0.29, 0.717) is 34.8 Å². The fourth-order valence-electron chi connectivity index (χ4n) is 3.34. The van der Waals surface area contributed by atoms with E-state index >= 15 is 0 Å². The molecule has 0 aliphatic rings. The van der Waals surface area contributed by atoms with Gasteiger partial charge in [-0.2, -0.15) is 4.98 Å². The molecule has 4 aromatic rings. The highest BCUT2D eigenvalue weighted by molar-refractivity contribution is 6.04. The van der Waals surface area contributed by atoms with E-state index in [9.17, 15) is 14.4 Å². The molecule has 3 heterocycles. The number of benzene rings is 1. The van der Waals surface area contributed by atoms with Crippen molar-refractivity contribution in [2.75, 3.05) is 12.4 Å². The van der Waals surface area contributed by atoms with Crippen LogP contribution in [0, 0.1) is 6.92 Å². The SMILES string of the molecule is COC(=O)NCc1nc(-c2ccc(C)c(NC(=O)c3cnc4ccc(CCC(=O)O)cn34)c2)no1. The van der Waals surface area contributed by atoms with E-state index < -0.39 is 12.1 Å². The number of imidazole rings is 1. The summed E-state index contributed by atoms with van der Waals surface area (Å²) in [6.45, 7) is 1.86. The number of anilines is 1. The Kier molecular flexibility index (Phi) is 6.71. The number of fused-ring (bicyclic) bond motifs is 1. The highest BCUT2D eigenvalue weighted by Gasteiger charge is 2.16. The van der Waals surface area contributed by atoms with Gasteiger partial charge in [-0.05, 0) is 36.6 Å². The molecule has 180 valence electrons. The molecule has 0 aliphatic heterocycles. The molecule has 0 spiro atoms. The summed E-state index contributed by atoms with van der Waals surface area (Å²) >= 11 is 0. The number of ether oxygens (including phenoxy) is 1. The number of carboxylic acid groups (broad SMARTS) is 1. The summed E-state index contributed by atoms with van der Waals surface area (Å²) in [5.74, 6) is -0.789. The van der Waals surface area contributed by atoms with Crippen LogP contribution in [0.25, 0.3) is 17.0 Å². The summed E-state index contributed by atoms with van der Waals surface area (Å²) in [5.41, 5.74) is 3.61. The van der Waals surface area contributed by atoms with Crippen molar-refractivity contribution in [3.63, 3.8) is 0 Å². The van der Waals surface area contributed by atoms with Gasteiger partial charge in [0.15, 0.2) is 0 Å². The summed E-state index contributed by atoms with van der Waals surface area (Å²) in [7, 11) is 1.25. The van der Waals surface area contributed by atoms with Crippen LogP contribution in [0.3, 0.4) is 0 Å². The van der Waals surface area contributed by atoms with Crippen molar-refractivity contribution in [1.29, 1.82) is 0 Å². The lowest BCUT2D eigenvalue weighted by atomic mass is 10.1. The monoisotopic (exact) mass is 478 g/mol. The summed E-state index contributed by atoms with van der Waals surface area (Å²) in [4.78, 5) is 43.7. The Morgan fingerprint density at radius 1 is 1.20 bits per heavy atom. The number of hydrogen-bond acceptors (Lipinski definition) is 8. The molecule has 12 nitrogen and oxygen atoms in total. The minimum Gasteiger partial charge on any atom is -0.481 e. The van der Waals surface area contributed by atoms with Crippen molar-refractivity contribution in [2.45, 2.75) is 26.3 Å². The van der Waals surface area contributed by atoms with Gasteiger partial charge in [0.2, 0.25) is 11.7 Å². The third-order valence-electron chi connectivity index (χ3n) is 5.21. The van der Waals surface area contributed by atoms with Crippen LogP contribution in [0.15, 0.2) is 47.2 Å². The van der Waals surface area contributed by atoms with Gasteiger partial charge in [0, 0.05) is 23.9 Å². The van der Waals surface area contributed by atoms with Gasteiger partial charge in [-0.1, -0.05) is 23.4 Å². The first kappa shape index (κ1) is 23.4. The Labute approximate surface area is 198 Å². The largest absolute Gasteiger partial charge is 0.481 e. The first-order chi connectivity index (χ1) is 16.8. The van der Waals surface area contributed by atoms with E-state index in [1.54, 1.807) is 34.9 Å². The van der Waals surface area contributed by atoms with Crippen LogP contribution < -0.4 is 10.6 Å². The van der Waals surface area contributed by atoms with E-state index in [-0.39, 0.29) is 24.8 Å². The van der Waals surface area contributed by atoms with Gasteiger partial charge >= 0.3 is 12.1 Å². The predicted molar refractivity (Wildman–Crippen MR) is 123 cm³/mol. The van der Waals surface area contributed by atoms with E-state index in [2.05, 4.69) is 30.5 Å². The third kappa shape index (κ3) is 5.43. The average molecular weight is 478 g/mol. The topological polar surface area (TPSA) is 161 Å². The fraction of sp³-hybridized carbons (Fsp3) is 0.217. The van der Waals surface area contributed by atoms with Crippen LogP contribution in [0.4, 0.5) is 10.5 Å². The van der Waals surface area contributed by atoms with Crippen LogP contribution in [-0.4, -0.2) is 49.7 Å². The number of hydrogen-bond donors (Lipinski definition) is 3. The van der Waals surface area contributed by atoms with Crippen molar-refractivity contribution >= 4 is 29.3 Å². The Hall–Kier alpha value is -4.74. The molecule has 0 aliphatic carbocycles. The average Bonchev–Trinajstić information content (AvgIpc) is 3.49. The molecule has 0 saturated carbocycles. The molecule has 2 amide bonds. The Balaban J connectivity index is 1.53. The van der Waals surface area contributed by atoms with Crippen LogP contribution in [0.1, 0.15) is 33.9 Å². The summed E-state index contributed by atoms with van der Waals surface area (Å²) in [6, 6.07) is 8.85. The lowest BCUT2D eigenvalue weighted by Crippen LogP contribution is -2.22. The lowest BCUT2D eigenvalue weighted by Gasteiger charge is -2.10. The molecule has 0 atom stereocenters. The zero-order valence-corrected chi connectivity index (χ0v) is 18.9. The number of aryl methyl sites for hydroxylation is 2. The number of nitrogens with zero attached hydrogens (tertiary/aromatic N) is 4. The van der Waals surface area contributed by atoms with Crippen LogP contribution in [0.5, 0.6) is 0 Å². The zero-order valence-electron chi connectivity index (χ0n) is 18.9. The van der Waals surface area contributed by atoms with Crippen molar-refractivity contribution in [2.24, 2.45) is 0 Å². The molecule has 0 fully saturated rings. The number of pyridine rings is 1. The molecule has 1 aromatic carbocycles. The maximum Gasteiger partial charge on any atom is 0.407 e. The van der Waals surface area contributed by atoms with Crippen LogP contribution >= 0.6 is 0 Å². The number of carboxylic acids is 1. The van der Waals surface area contributed by atoms with Crippen molar-refractivity contribution < 1.29 is 28.8 Å². The molecule has 35 heavy (non-hydrogen) atoms. The fourth-order valence-corrected chi connectivity index (χ4v) is 3.34. The number of amides is 2. The molecule has 12 heteroatoms. The standard InChI is InChI=1S/C23H22N6O6/c1-13-3-6-15(21-27-19(35-28-21)11-25-23(33)34-2)9-16(13)26-22(32)17-10-24-18-7-4-14(12-29(17)18)5-8-20(30)31/h3-4,6-7,9-10,12H,5,8,11H2,1-2H3,(H,25,33)(H,26,32)(H,30,31). The molecule has 0 radical (unpaired) electrons. The Morgan fingerprint density at radius 2 is 2.03 bits per heavy atom. The first-order valence-corrected chi connectivity index (χ1v) is 10.6. The van der Waals surface area contributed by atoms with Crippen molar-refractivity contribution in [1.82, 2.24) is 24.8 Å². The number of carbonyl (C=O) groups excluding carboxylic acids is 2. The van der Waals surface area contributed by atoms with Gasteiger partial charge in [-0.15, -0.1) is 0 Å². The first-order valence-electron chi connectivity index (χ1n) is 10.6. The van der Waals surface area contributed by atoms with Crippen LogP contribution in [0.2, 0.25) is 0 Å². The normalized spacial score (nSPS) is 10.8. The van der Waals surface area contributed by atoms with Gasteiger partial charge < -0.3 is 25.0 Å². The van der Waals surface area contributed by atoms with E-state index in [4.69, 9.17) is 9.63 Å². The smallest absolute Gasteiger partial charge is 0.407 e. The Bertz CT molecular complexity index is 1410. The minimum absolute atomic E-state index is 0.00965. The summed E-state index contributed by atoms with van der Waals surface area (Å²) in [5, 5.41) is 18.2. The molecular weight excluding hydrogens is 456 g/mol. The van der Waals surface area contributed by atoms with Crippen LogP contribution in [-0.2, 0) is 22.5 Å². The molecule has 4 rings (SSSR count). The molecule has 0 bridgehead atoms. The predicted octanol–water partition coefficient (Wildman–Crippen LogP) is 2.82. The third-order valence-corrected chi connectivity index (χ3v) is 5.21. The van der Waals surface area contributed by atoms with Crippen molar-refractivity contribution in [3.05, 3.63) is 65.4 Å². The van der Waals surface area contributed by atoms with E-state index in [1.165, 1.54) is 13.3 Å². The highest BCUT2D eigenvalue weighted by Crippen LogP contribution is 2.24. The van der Waals surface area contributed by atoms with Gasteiger partial charge in [0.05, 0.1) is 13.3 Å². The number of nitrogens with one attached hydrogen (secondary N) is 2. The maximum absolute atomic E-state index is 13.1. The quantitative estimate of drug-likeness (QED) is 0.346. The number of carbonyl (C=O) groups is 3. The number of methoxy groups -OCH3 is 1. The lowest BCUT2D eigenvalue weighted by molar-refractivity contribution is -0.136. The number of alkyl carbamates (subject to hydrolysis) is 1. The number of aromatic nitrogens is 4. The zero-order chi connectivity index (χ0) is 24.9. The second-order valence-corrected chi connectivity index (χ2v) is 7.64. The van der Waals surface area contributed by atoms with E-state index in [0.717, 1.165) is 11.1 Å². The van der Waals surface area contributed by atoms with E-state index in [1.807, 2.05) is 13.0 Å². The second kappa shape index (κ2) is 10.0. The molecular formula is C23H22N6O6. The van der Waals surface area contributed by atoms with Gasteiger partial charge in [0.25, 0.3) is 5.91 Å². The molecule has 3 N–H and O–H groups in total. The Morgan fingerprint density at radius 3 is 2.80 bits per heavy atom. The molecule has 3 aromatic heterocycles. The van der Waals surface area contributed by atoms with Gasteiger partial charge in [-0.25, -0.2) is 9.78 Å². The molecule has 0 unspecified atom stereocenters. The summed E-state index contributed by atoms with van der Waals surface area (Å²) < 4.78 is 11.3. The maximum atomic E-state index is 13.1. The summed E-state index contributed by atoms with van der Waals surface area (Å²) in [6.07, 6.45) is 2.89. The number of rotatable bonds is 8. The van der Waals surface area contributed by atoms with Gasteiger partial charge in [0.1, 0.15) is 17.9 Å². The highest BCUT2D eigenvalue weighted by atomic mass is 16.5. The second-order valence-electron chi connectivity index (χ2n) is 7.64. The molecule has 0 saturated heterocycles. The minimum atomic E-state index is -0.891.